The number of hydrogen-bond acceptors (Lipinski definition) is 2. The Morgan fingerprint density at radius 2 is 2.16 bits per heavy atom. The maximum absolute atomic E-state index is 12.8. The fourth-order valence-electron chi connectivity index (χ4n) is 3.56. The van der Waals surface area contributed by atoms with Crippen LogP contribution < -0.4 is 10.6 Å². The van der Waals surface area contributed by atoms with Crippen LogP contribution in [0.25, 0.3) is 0 Å². The minimum absolute atomic E-state index is 0.0329. The fraction of sp³-hybridized carbons (Fsp3) is 0.562. The van der Waals surface area contributed by atoms with Gasteiger partial charge >= 0.3 is 0 Å². The van der Waals surface area contributed by atoms with Crippen molar-refractivity contribution in [1.82, 2.24) is 0 Å². The van der Waals surface area contributed by atoms with Crippen LogP contribution in [0.1, 0.15) is 36.8 Å². The molecular formula is C16H22N2O. The minimum atomic E-state index is 0.0329. The monoisotopic (exact) mass is 258 g/mol. The van der Waals surface area contributed by atoms with E-state index in [4.69, 9.17) is 5.73 Å². The van der Waals surface area contributed by atoms with Gasteiger partial charge in [0.05, 0.1) is 5.92 Å². The number of hydrogen-bond donors (Lipinski definition) is 1. The number of nitrogens with two attached hydrogens (primary N) is 1. The van der Waals surface area contributed by atoms with E-state index in [1.54, 1.807) is 0 Å². The molecule has 1 aromatic rings. The summed E-state index contributed by atoms with van der Waals surface area (Å²) in [5.74, 6) is 0.283. The smallest absolute Gasteiger partial charge is 0.231 e. The highest BCUT2D eigenvalue weighted by atomic mass is 16.2. The molecule has 102 valence electrons. The lowest BCUT2D eigenvalue weighted by molar-refractivity contribution is -0.122. The lowest BCUT2D eigenvalue weighted by atomic mass is 9.95. The zero-order valence-corrected chi connectivity index (χ0v) is 11.6. The van der Waals surface area contributed by atoms with E-state index in [9.17, 15) is 4.79 Å². The molecule has 2 atom stereocenters. The summed E-state index contributed by atoms with van der Waals surface area (Å²) in [7, 11) is 0. The van der Waals surface area contributed by atoms with Gasteiger partial charge in [0, 0.05) is 18.3 Å². The van der Waals surface area contributed by atoms with E-state index < -0.39 is 0 Å². The van der Waals surface area contributed by atoms with Crippen molar-refractivity contribution in [2.45, 2.75) is 45.1 Å². The molecule has 2 aliphatic rings. The van der Waals surface area contributed by atoms with E-state index in [0.29, 0.717) is 0 Å². The Labute approximate surface area is 114 Å². The van der Waals surface area contributed by atoms with Crippen molar-refractivity contribution >= 4 is 11.6 Å². The van der Waals surface area contributed by atoms with Crippen LogP contribution in [0, 0.1) is 12.8 Å². The quantitative estimate of drug-likeness (QED) is 0.840. The van der Waals surface area contributed by atoms with Crippen LogP contribution in [0.2, 0.25) is 0 Å². The van der Waals surface area contributed by atoms with E-state index in [1.165, 1.54) is 11.1 Å². The summed E-state index contributed by atoms with van der Waals surface area (Å²) in [5.41, 5.74) is 9.76. The molecule has 3 rings (SSSR count). The van der Waals surface area contributed by atoms with E-state index in [1.807, 2.05) is 4.90 Å². The molecule has 1 aromatic carbocycles. The number of para-hydroxylation sites is 1. The Balaban J connectivity index is 1.93. The lowest BCUT2D eigenvalue weighted by Gasteiger charge is -2.33. The molecule has 1 amide bonds. The molecular weight excluding hydrogens is 236 g/mol. The average molecular weight is 258 g/mol. The van der Waals surface area contributed by atoms with Crippen molar-refractivity contribution < 1.29 is 4.79 Å². The molecule has 1 aliphatic carbocycles. The topological polar surface area (TPSA) is 46.3 Å². The van der Waals surface area contributed by atoms with Crippen LogP contribution in [-0.4, -0.2) is 18.5 Å². The third-order valence-corrected chi connectivity index (χ3v) is 4.57. The first kappa shape index (κ1) is 12.7. The molecule has 0 saturated heterocycles. The van der Waals surface area contributed by atoms with Gasteiger partial charge in [-0.25, -0.2) is 0 Å². The summed E-state index contributed by atoms with van der Waals surface area (Å²) in [5, 5.41) is 0. The van der Waals surface area contributed by atoms with E-state index in [0.717, 1.165) is 44.3 Å². The standard InChI is InChI=1S/C16H22N2O/c1-11-5-2-6-12-7-4-10-18(15(11)12)16(19)13-8-3-9-14(13)17/h2,5-6,13-14H,3-4,7-10,17H2,1H3. The molecule has 0 radical (unpaired) electrons. The van der Waals surface area contributed by atoms with Crippen molar-refractivity contribution in [1.29, 1.82) is 0 Å². The van der Waals surface area contributed by atoms with Gasteiger partial charge in [-0.1, -0.05) is 24.6 Å². The van der Waals surface area contributed by atoms with Crippen LogP contribution in [-0.2, 0) is 11.2 Å². The van der Waals surface area contributed by atoms with Gasteiger partial charge in [-0.3, -0.25) is 4.79 Å². The second-order valence-corrected chi connectivity index (χ2v) is 5.88. The fourth-order valence-corrected chi connectivity index (χ4v) is 3.56. The minimum Gasteiger partial charge on any atom is -0.327 e. The summed E-state index contributed by atoms with van der Waals surface area (Å²) in [6, 6.07) is 6.39. The summed E-state index contributed by atoms with van der Waals surface area (Å²) >= 11 is 0. The maximum Gasteiger partial charge on any atom is 0.231 e. The number of anilines is 1. The Morgan fingerprint density at radius 1 is 1.32 bits per heavy atom. The summed E-state index contributed by atoms with van der Waals surface area (Å²) < 4.78 is 0. The molecule has 1 fully saturated rings. The largest absolute Gasteiger partial charge is 0.327 e. The molecule has 1 heterocycles. The first-order valence-corrected chi connectivity index (χ1v) is 7.34. The summed E-state index contributed by atoms with van der Waals surface area (Å²) in [4.78, 5) is 14.8. The van der Waals surface area contributed by atoms with Crippen LogP contribution >= 0.6 is 0 Å². The van der Waals surface area contributed by atoms with Crippen molar-refractivity contribution in [2.75, 3.05) is 11.4 Å². The van der Waals surface area contributed by atoms with Gasteiger partial charge in [0.15, 0.2) is 0 Å². The van der Waals surface area contributed by atoms with E-state index in [2.05, 4.69) is 25.1 Å². The number of fused-ring (bicyclic) bond motifs is 1. The predicted octanol–water partition coefficient (Wildman–Crippen LogP) is 2.40. The predicted molar refractivity (Wildman–Crippen MR) is 77.2 cm³/mol. The van der Waals surface area contributed by atoms with Crippen LogP contribution in [0.3, 0.4) is 0 Å². The number of carbonyl (C=O) groups excluding carboxylic acids is 1. The molecule has 0 aromatic heterocycles. The van der Waals surface area contributed by atoms with Gasteiger partial charge in [-0.15, -0.1) is 0 Å². The maximum atomic E-state index is 12.8. The van der Waals surface area contributed by atoms with Gasteiger partial charge in [-0.2, -0.15) is 0 Å². The number of carbonyl (C=O) groups is 1. The van der Waals surface area contributed by atoms with Gasteiger partial charge < -0.3 is 10.6 Å². The van der Waals surface area contributed by atoms with Crippen molar-refractivity contribution in [3.63, 3.8) is 0 Å². The van der Waals surface area contributed by atoms with Crippen molar-refractivity contribution in [2.24, 2.45) is 11.7 Å². The number of rotatable bonds is 1. The van der Waals surface area contributed by atoms with Crippen LogP contribution in [0.4, 0.5) is 5.69 Å². The molecule has 2 N–H and O–H groups in total. The number of nitrogens with zero attached hydrogens (tertiary/aromatic N) is 1. The van der Waals surface area contributed by atoms with Crippen LogP contribution in [0.5, 0.6) is 0 Å². The molecule has 0 bridgehead atoms. The van der Waals surface area contributed by atoms with Gasteiger partial charge in [0.25, 0.3) is 0 Å². The molecule has 19 heavy (non-hydrogen) atoms. The van der Waals surface area contributed by atoms with Gasteiger partial charge in [0.2, 0.25) is 5.91 Å². The van der Waals surface area contributed by atoms with Gasteiger partial charge in [-0.05, 0) is 43.7 Å². The third kappa shape index (κ3) is 2.16. The Kier molecular flexibility index (Phi) is 3.31. The van der Waals surface area contributed by atoms with Crippen LogP contribution in [0.15, 0.2) is 18.2 Å². The molecule has 1 aliphatic heterocycles. The SMILES string of the molecule is Cc1cccc2c1N(C(=O)C1CCCC1N)CCC2. The third-order valence-electron chi connectivity index (χ3n) is 4.57. The molecule has 3 heteroatoms. The lowest BCUT2D eigenvalue weighted by Crippen LogP contribution is -2.44. The zero-order chi connectivity index (χ0) is 13.4. The Morgan fingerprint density at radius 3 is 2.89 bits per heavy atom. The molecule has 3 nitrogen and oxygen atoms in total. The second kappa shape index (κ2) is 4.97. The average Bonchev–Trinajstić information content (AvgIpc) is 2.84. The molecule has 1 saturated carbocycles. The molecule has 2 unspecified atom stereocenters. The normalized spacial score (nSPS) is 26.3. The Bertz CT molecular complexity index is 498. The Hall–Kier alpha value is -1.35. The highest BCUT2D eigenvalue weighted by Crippen LogP contribution is 2.34. The molecule has 0 spiro atoms. The van der Waals surface area contributed by atoms with Crippen molar-refractivity contribution in [3.05, 3.63) is 29.3 Å². The summed E-state index contributed by atoms with van der Waals surface area (Å²) in [6.45, 7) is 2.94. The highest BCUT2D eigenvalue weighted by molar-refractivity contribution is 5.97. The second-order valence-electron chi connectivity index (χ2n) is 5.88. The van der Waals surface area contributed by atoms with E-state index >= 15 is 0 Å². The first-order valence-electron chi connectivity index (χ1n) is 7.34. The number of aryl methyl sites for hydroxylation is 2. The number of benzene rings is 1. The zero-order valence-electron chi connectivity index (χ0n) is 11.6. The highest BCUT2D eigenvalue weighted by Gasteiger charge is 2.35. The van der Waals surface area contributed by atoms with E-state index in [-0.39, 0.29) is 17.9 Å². The van der Waals surface area contributed by atoms with Crippen molar-refractivity contribution in [3.8, 4) is 0 Å². The van der Waals surface area contributed by atoms with Gasteiger partial charge in [0.1, 0.15) is 0 Å². The summed E-state index contributed by atoms with van der Waals surface area (Å²) in [6.07, 6.45) is 5.18. The number of amides is 1. The first-order chi connectivity index (χ1) is 9.18.